The van der Waals surface area contributed by atoms with Gasteiger partial charge in [-0.3, -0.25) is 9.48 Å². The lowest BCUT2D eigenvalue weighted by atomic mass is 9.89. The van der Waals surface area contributed by atoms with Crippen LogP contribution in [0.2, 0.25) is 0 Å². The Kier molecular flexibility index (Phi) is 6.02. The number of carbonyl (C=O) groups excluding carboxylic acids is 1. The number of aromatic nitrogens is 2. The van der Waals surface area contributed by atoms with Gasteiger partial charge in [0, 0.05) is 24.6 Å². The lowest BCUT2D eigenvalue weighted by molar-refractivity contribution is -0.141. The molecule has 1 aromatic carbocycles. The van der Waals surface area contributed by atoms with Gasteiger partial charge in [-0.2, -0.15) is 18.3 Å². The molecule has 1 N–H and O–H groups in total. The summed E-state index contributed by atoms with van der Waals surface area (Å²) >= 11 is 0. The van der Waals surface area contributed by atoms with Gasteiger partial charge in [0.2, 0.25) is 0 Å². The molecular formula is C19H22F3N3O3S. The Balaban J connectivity index is 1.87. The van der Waals surface area contributed by atoms with Crippen LogP contribution in [0.25, 0.3) is 0 Å². The van der Waals surface area contributed by atoms with Crippen LogP contribution in [0.1, 0.15) is 48.3 Å². The summed E-state index contributed by atoms with van der Waals surface area (Å²) in [6.45, 7) is 0.238. The first-order valence-electron chi connectivity index (χ1n) is 9.30. The summed E-state index contributed by atoms with van der Waals surface area (Å²) in [4.78, 5) is 12.7. The molecule has 1 aliphatic carbocycles. The third-order valence-electron chi connectivity index (χ3n) is 4.98. The van der Waals surface area contributed by atoms with Gasteiger partial charge in [-0.1, -0.05) is 25.3 Å². The third-order valence-corrected chi connectivity index (χ3v) is 6.09. The van der Waals surface area contributed by atoms with E-state index in [1.165, 1.54) is 24.3 Å². The number of carbonyl (C=O) groups is 1. The molecule has 1 heterocycles. The fourth-order valence-electron chi connectivity index (χ4n) is 3.49. The van der Waals surface area contributed by atoms with Crippen LogP contribution in [0.15, 0.2) is 35.2 Å². The summed E-state index contributed by atoms with van der Waals surface area (Å²) in [7, 11) is -3.49. The number of halogens is 3. The minimum atomic E-state index is -4.66. The van der Waals surface area contributed by atoms with Crippen molar-refractivity contribution in [1.29, 1.82) is 0 Å². The van der Waals surface area contributed by atoms with E-state index in [1.807, 2.05) is 0 Å². The zero-order chi connectivity index (χ0) is 21.2. The van der Waals surface area contributed by atoms with Crippen LogP contribution in [0.5, 0.6) is 0 Å². The summed E-state index contributed by atoms with van der Waals surface area (Å²) in [6.07, 6.45) is 1.27. The molecule has 1 saturated carbocycles. The molecular weight excluding hydrogens is 407 g/mol. The average Bonchev–Trinajstić information content (AvgIpc) is 3.06. The van der Waals surface area contributed by atoms with Crippen molar-refractivity contribution in [3.05, 3.63) is 41.7 Å². The van der Waals surface area contributed by atoms with Gasteiger partial charge in [0.15, 0.2) is 15.5 Å². The van der Waals surface area contributed by atoms with Crippen LogP contribution < -0.4 is 5.32 Å². The first-order chi connectivity index (χ1) is 13.5. The highest BCUT2D eigenvalue weighted by Gasteiger charge is 2.36. The summed E-state index contributed by atoms with van der Waals surface area (Å²) in [5.41, 5.74) is -1.15. The van der Waals surface area contributed by atoms with Crippen LogP contribution in [0, 0.1) is 5.92 Å². The fourth-order valence-corrected chi connectivity index (χ4v) is 4.16. The van der Waals surface area contributed by atoms with E-state index in [-0.39, 0.29) is 28.7 Å². The summed E-state index contributed by atoms with van der Waals surface area (Å²) in [5, 5.41) is 6.11. The molecule has 0 unspecified atom stereocenters. The van der Waals surface area contributed by atoms with E-state index in [0.29, 0.717) is 0 Å². The Morgan fingerprint density at radius 2 is 1.90 bits per heavy atom. The van der Waals surface area contributed by atoms with Crippen molar-refractivity contribution in [3.63, 3.8) is 0 Å². The molecule has 1 amide bonds. The quantitative estimate of drug-likeness (QED) is 0.775. The fraction of sp³-hybridized carbons (Fsp3) is 0.474. The number of nitrogens with zero attached hydrogens (tertiary/aromatic N) is 2. The highest BCUT2D eigenvalue weighted by Crippen LogP contribution is 2.31. The Hall–Kier alpha value is -2.36. The zero-order valence-electron chi connectivity index (χ0n) is 15.9. The number of sulfone groups is 1. The number of amides is 1. The van der Waals surface area contributed by atoms with E-state index in [9.17, 15) is 26.4 Å². The summed E-state index contributed by atoms with van der Waals surface area (Å²) < 4.78 is 64.0. The van der Waals surface area contributed by atoms with Gasteiger partial charge in [-0.15, -0.1) is 0 Å². The monoisotopic (exact) mass is 429 g/mol. The molecule has 158 valence electrons. The first kappa shape index (κ1) is 21.4. The Bertz CT molecular complexity index is 994. The van der Waals surface area contributed by atoms with Crippen molar-refractivity contribution in [2.24, 2.45) is 5.92 Å². The lowest BCUT2D eigenvalue weighted by Crippen LogP contribution is -2.22. The highest BCUT2D eigenvalue weighted by molar-refractivity contribution is 7.90. The van der Waals surface area contributed by atoms with Crippen LogP contribution in [-0.2, 0) is 22.6 Å². The van der Waals surface area contributed by atoms with Gasteiger partial charge < -0.3 is 5.32 Å². The van der Waals surface area contributed by atoms with Crippen molar-refractivity contribution >= 4 is 21.4 Å². The number of nitrogens with one attached hydrogen (secondary N) is 1. The van der Waals surface area contributed by atoms with E-state index in [0.717, 1.165) is 49.1 Å². The molecule has 2 aromatic rings. The Morgan fingerprint density at radius 1 is 1.21 bits per heavy atom. The SMILES string of the molecule is CS(=O)(=O)c1cccc(NC(=O)c2cc(C(F)(F)F)nn2CC2CCCCC2)c1. The molecule has 0 atom stereocenters. The molecule has 1 aromatic heterocycles. The topological polar surface area (TPSA) is 81.1 Å². The van der Waals surface area contributed by atoms with Crippen LogP contribution in [0.3, 0.4) is 0 Å². The summed E-state index contributed by atoms with van der Waals surface area (Å²) in [5.74, 6) is -0.598. The molecule has 0 aliphatic heterocycles. The molecule has 1 aliphatic rings. The maximum Gasteiger partial charge on any atom is 0.435 e. The molecule has 0 radical (unpaired) electrons. The molecule has 0 saturated heterocycles. The zero-order valence-corrected chi connectivity index (χ0v) is 16.7. The standard InChI is InChI=1S/C19H22F3N3O3S/c1-29(27,28)15-9-5-8-14(10-15)23-18(26)16-11-17(19(20,21)22)24-25(16)12-13-6-3-2-4-7-13/h5,8-11,13H,2-4,6-7,12H2,1H3,(H,23,26). The molecule has 3 rings (SSSR count). The van der Waals surface area contributed by atoms with Gasteiger partial charge in [0.1, 0.15) is 5.69 Å². The number of benzene rings is 1. The number of rotatable bonds is 5. The van der Waals surface area contributed by atoms with E-state index < -0.39 is 27.6 Å². The number of anilines is 1. The van der Waals surface area contributed by atoms with Crippen molar-refractivity contribution in [2.45, 2.75) is 49.7 Å². The molecule has 6 nitrogen and oxygen atoms in total. The van der Waals surface area contributed by atoms with E-state index in [1.54, 1.807) is 0 Å². The number of hydrogen-bond donors (Lipinski definition) is 1. The predicted molar refractivity (Wildman–Crippen MR) is 101 cm³/mol. The van der Waals surface area contributed by atoms with E-state index in [2.05, 4.69) is 10.4 Å². The lowest BCUT2D eigenvalue weighted by Gasteiger charge is -2.22. The maximum atomic E-state index is 13.2. The van der Waals surface area contributed by atoms with Gasteiger partial charge >= 0.3 is 6.18 Å². The van der Waals surface area contributed by atoms with Crippen LogP contribution >= 0.6 is 0 Å². The normalized spacial score (nSPS) is 16.0. The van der Waals surface area contributed by atoms with Gasteiger partial charge in [0.05, 0.1) is 4.90 Å². The van der Waals surface area contributed by atoms with Crippen molar-refractivity contribution in [1.82, 2.24) is 9.78 Å². The molecule has 10 heteroatoms. The minimum Gasteiger partial charge on any atom is -0.321 e. The molecule has 0 bridgehead atoms. The van der Waals surface area contributed by atoms with Gasteiger partial charge in [-0.25, -0.2) is 8.42 Å². The van der Waals surface area contributed by atoms with Gasteiger partial charge in [0.25, 0.3) is 5.91 Å². The van der Waals surface area contributed by atoms with Crippen LogP contribution in [-0.4, -0.2) is 30.4 Å². The second kappa shape index (κ2) is 8.17. The first-order valence-corrected chi connectivity index (χ1v) is 11.2. The van der Waals surface area contributed by atoms with E-state index >= 15 is 0 Å². The minimum absolute atomic E-state index is 0.00185. The second-order valence-corrected chi connectivity index (χ2v) is 9.37. The number of alkyl halides is 3. The van der Waals surface area contributed by atoms with E-state index in [4.69, 9.17) is 0 Å². The molecule has 1 fully saturated rings. The highest BCUT2D eigenvalue weighted by atomic mass is 32.2. The smallest absolute Gasteiger partial charge is 0.321 e. The molecule has 29 heavy (non-hydrogen) atoms. The number of hydrogen-bond acceptors (Lipinski definition) is 4. The van der Waals surface area contributed by atoms with Gasteiger partial charge in [-0.05, 0) is 37.0 Å². The van der Waals surface area contributed by atoms with Crippen molar-refractivity contribution in [3.8, 4) is 0 Å². The summed E-state index contributed by atoms with van der Waals surface area (Å²) in [6, 6.07) is 6.30. The third kappa shape index (κ3) is 5.37. The van der Waals surface area contributed by atoms with Crippen LogP contribution in [0.4, 0.5) is 18.9 Å². The Morgan fingerprint density at radius 3 is 2.52 bits per heavy atom. The maximum absolute atomic E-state index is 13.2. The largest absolute Gasteiger partial charge is 0.435 e. The Labute approximate surface area is 167 Å². The van der Waals surface area contributed by atoms with Crippen molar-refractivity contribution < 1.29 is 26.4 Å². The average molecular weight is 429 g/mol. The predicted octanol–water partition coefficient (Wildman–Crippen LogP) is 4.14. The van der Waals surface area contributed by atoms with Crippen molar-refractivity contribution in [2.75, 3.05) is 11.6 Å². The second-order valence-electron chi connectivity index (χ2n) is 7.35. The molecule has 0 spiro atoms.